The van der Waals surface area contributed by atoms with Crippen LogP contribution in [0.15, 0.2) is 76.4 Å². The third-order valence-electron chi connectivity index (χ3n) is 8.72. The maximum absolute atomic E-state index is 13.7. The standard InChI is InChI=1S/C34H29BrF6N2O5/c1-17-10-24-30(32(48)43(31(24)47)23-14-20(33(36,37)38)13-21(15-23)34(39,40)41)25(16-44)29(17)28(46)7-5-18(26-4-2-3-9-42-26)11-19-12-22(35)6-8-27(19)45/h2-4,6,8-9,11-15,24-25,28,30,44-46H,5,7,10,16H2,1H3/b18-11-/t24-,25+,28-,30-/m1/s1. The van der Waals surface area contributed by atoms with Gasteiger partial charge in [0.25, 0.3) is 0 Å². The molecule has 14 heteroatoms. The molecule has 0 bridgehead atoms. The highest BCUT2D eigenvalue weighted by atomic mass is 79.9. The van der Waals surface area contributed by atoms with Crippen LogP contribution in [0, 0.1) is 17.8 Å². The molecule has 1 aliphatic heterocycles. The second kappa shape index (κ2) is 13.5. The minimum absolute atomic E-state index is 0.00138. The van der Waals surface area contributed by atoms with Crippen molar-refractivity contribution in [2.45, 2.75) is 44.6 Å². The Morgan fingerprint density at radius 3 is 2.27 bits per heavy atom. The van der Waals surface area contributed by atoms with Crippen molar-refractivity contribution in [3.63, 3.8) is 0 Å². The highest BCUT2D eigenvalue weighted by Crippen LogP contribution is 2.48. The molecule has 0 saturated carbocycles. The maximum atomic E-state index is 13.7. The lowest BCUT2D eigenvalue weighted by Gasteiger charge is -2.35. The molecule has 1 aliphatic carbocycles. The number of pyridine rings is 1. The van der Waals surface area contributed by atoms with Gasteiger partial charge in [-0.1, -0.05) is 27.6 Å². The number of aliphatic hydroxyl groups is 2. The van der Waals surface area contributed by atoms with Gasteiger partial charge >= 0.3 is 12.4 Å². The number of fused-ring (bicyclic) bond motifs is 1. The second-order valence-electron chi connectivity index (χ2n) is 11.8. The van der Waals surface area contributed by atoms with Crippen molar-refractivity contribution in [2.24, 2.45) is 17.8 Å². The molecule has 4 atom stereocenters. The number of phenolic OH excluding ortho intramolecular Hbond substituents is 1. The van der Waals surface area contributed by atoms with Gasteiger partial charge in [0.1, 0.15) is 5.75 Å². The molecular weight excluding hydrogens is 710 g/mol. The summed E-state index contributed by atoms with van der Waals surface area (Å²) in [5.74, 6) is -5.68. The molecule has 5 rings (SSSR count). The first kappa shape index (κ1) is 35.3. The normalized spacial score (nSPS) is 21.2. The summed E-state index contributed by atoms with van der Waals surface area (Å²) in [4.78, 5) is 31.9. The minimum Gasteiger partial charge on any atom is -0.507 e. The molecule has 48 heavy (non-hydrogen) atoms. The molecule has 7 nitrogen and oxygen atoms in total. The third kappa shape index (κ3) is 7.06. The van der Waals surface area contributed by atoms with Crippen molar-refractivity contribution in [3.8, 4) is 5.75 Å². The van der Waals surface area contributed by atoms with Crippen LogP contribution in [0.5, 0.6) is 5.75 Å². The van der Waals surface area contributed by atoms with Gasteiger partial charge in [0, 0.05) is 22.2 Å². The number of carbonyl (C=O) groups excluding carboxylic acids is 2. The van der Waals surface area contributed by atoms with E-state index in [1.807, 2.05) is 0 Å². The third-order valence-corrected chi connectivity index (χ3v) is 9.21. The monoisotopic (exact) mass is 738 g/mol. The summed E-state index contributed by atoms with van der Waals surface area (Å²) in [7, 11) is 0. The van der Waals surface area contributed by atoms with Crippen molar-refractivity contribution < 1.29 is 51.3 Å². The Labute approximate surface area is 279 Å². The lowest BCUT2D eigenvalue weighted by molar-refractivity contribution is -0.143. The molecule has 2 heterocycles. The highest BCUT2D eigenvalue weighted by Gasteiger charge is 2.55. The molecule has 1 fully saturated rings. The number of nitrogens with zero attached hydrogens (tertiary/aromatic N) is 2. The van der Waals surface area contributed by atoms with Gasteiger partial charge in [-0.05, 0) is 91.9 Å². The van der Waals surface area contributed by atoms with Gasteiger partial charge in [0.05, 0.1) is 47.1 Å². The molecule has 0 radical (unpaired) electrons. The Morgan fingerprint density at radius 1 is 1.02 bits per heavy atom. The Morgan fingerprint density at radius 2 is 1.69 bits per heavy atom. The second-order valence-corrected chi connectivity index (χ2v) is 12.7. The van der Waals surface area contributed by atoms with E-state index in [1.165, 1.54) is 6.07 Å². The number of rotatable bonds is 8. The fourth-order valence-corrected chi connectivity index (χ4v) is 6.92. The fraction of sp³-hybridized carbons (Fsp3) is 0.324. The van der Waals surface area contributed by atoms with Crippen LogP contribution in [0.2, 0.25) is 0 Å². The first-order chi connectivity index (χ1) is 22.5. The van der Waals surface area contributed by atoms with Gasteiger partial charge < -0.3 is 15.3 Å². The molecule has 1 aromatic heterocycles. The van der Waals surface area contributed by atoms with E-state index in [4.69, 9.17) is 0 Å². The van der Waals surface area contributed by atoms with Crippen LogP contribution >= 0.6 is 15.9 Å². The van der Waals surface area contributed by atoms with Crippen molar-refractivity contribution in [2.75, 3.05) is 11.5 Å². The molecule has 254 valence electrons. The quantitative estimate of drug-likeness (QED) is 0.126. The number of benzene rings is 2. The van der Waals surface area contributed by atoms with Crippen LogP contribution in [0.3, 0.4) is 0 Å². The maximum Gasteiger partial charge on any atom is 0.416 e. The van der Waals surface area contributed by atoms with Gasteiger partial charge in [-0.2, -0.15) is 26.3 Å². The van der Waals surface area contributed by atoms with Crippen molar-refractivity contribution in [1.82, 2.24) is 4.98 Å². The van der Waals surface area contributed by atoms with Gasteiger partial charge in [0.15, 0.2) is 0 Å². The van der Waals surface area contributed by atoms with E-state index < -0.39 is 71.4 Å². The first-order valence-corrected chi connectivity index (χ1v) is 15.6. The molecule has 0 spiro atoms. The zero-order valence-electron chi connectivity index (χ0n) is 25.2. The largest absolute Gasteiger partial charge is 0.507 e. The summed E-state index contributed by atoms with van der Waals surface area (Å²) < 4.78 is 82.1. The van der Waals surface area contributed by atoms with Crippen LogP contribution in [0.1, 0.15) is 48.6 Å². The molecule has 1 saturated heterocycles. The summed E-state index contributed by atoms with van der Waals surface area (Å²) in [5, 5.41) is 32.4. The van der Waals surface area contributed by atoms with E-state index in [0.29, 0.717) is 43.9 Å². The number of hydrogen-bond donors (Lipinski definition) is 3. The number of imide groups is 1. The van der Waals surface area contributed by atoms with Gasteiger partial charge in [-0.3, -0.25) is 14.6 Å². The molecular formula is C34H29BrF6N2O5. The van der Waals surface area contributed by atoms with E-state index in [0.717, 1.165) is 0 Å². The van der Waals surface area contributed by atoms with Crippen LogP contribution in [0.4, 0.5) is 32.0 Å². The number of aromatic nitrogens is 1. The number of hydrogen-bond acceptors (Lipinski definition) is 6. The number of phenols is 1. The average molecular weight is 740 g/mol. The average Bonchev–Trinajstić information content (AvgIpc) is 3.27. The van der Waals surface area contributed by atoms with Gasteiger partial charge in [-0.25, -0.2) is 4.90 Å². The molecule has 3 N–H and O–H groups in total. The molecule has 2 aromatic carbocycles. The van der Waals surface area contributed by atoms with Crippen molar-refractivity contribution >= 4 is 45.1 Å². The van der Waals surface area contributed by atoms with Gasteiger partial charge in [-0.15, -0.1) is 0 Å². The molecule has 0 unspecified atom stereocenters. The Kier molecular flexibility index (Phi) is 9.91. The summed E-state index contributed by atoms with van der Waals surface area (Å²) in [6.07, 6.45) is -8.22. The summed E-state index contributed by atoms with van der Waals surface area (Å²) >= 11 is 3.37. The number of aliphatic hydroxyl groups excluding tert-OH is 2. The van der Waals surface area contributed by atoms with Crippen molar-refractivity contribution in [1.29, 1.82) is 0 Å². The molecule has 3 aromatic rings. The molecule has 2 aliphatic rings. The van der Waals surface area contributed by atoms with E-state index in [1.54, 1.807) is 49.5 Å². The number of amides is 2. The zero-order valence-corrected chi connectivity index (χ0v) is 26.8. The fourth-order valence-electron chi connectivity index (χ4n) is 6.54. The number of aromatic hydroxyl groups is 1. The van der Waals surface area contributed by atoms with E-state index in [2.05, 4.69) is 20.9 Å². The number of allylic oxidation sites excluding steroid dienone is 2. The Bertz CT molecular complexity index is 1760. The van der Waals surface area contributed by atoms with Crippen LogP contribution in [0.25, 0.3) is 11.6 Å². The zero-order chi connectivity index (χ0) is 35.1. The summed E-state index contributed by atoms with van der Waals surface area (Å²) in [6, 6.07) is 10.6. The summed E-state index contributed by atoms with van der Waals surface area (Å²) in [6.45, 7) is 0.877. The lowest BCUT2D eigenvalue weighted by atomic mass is 9.68. The van der Waals surface area contributed by atoms with Crippen LogP contribution in [-0.4, -0.2) is 44.8 Å². The predicted octanol–water partition coefficient (Wildman–Crippen LogP) is 7.40. The topological polar surface area (TPSA) is 111 Å². The first-order valence-electron chi connectivity index (χ1n) is 14.8. The smallest absolute Gasteiger partial charge is 0.416 e. The van der Waals surface area contributed by atoms with Crippen LogP contribution in [-0.2, 0) is 21.9 Å². The van der Waals surface area contributed by atoms with Gasteiger partial charge in [0.2, 0.25) is 11.8 Å². The van der Waals surface area contributed by atoms with E-state index >= 15 is 0 Å². The number of halogens is 7. The lowest BCUT2D eigenvalue weighted by Crippen LogP contribution is -2.38. The van der Waals surface area contributed by atoms with E-state index in [-0.39, 0.29) is 36.7 Å². The predicted molar refractivity (Wildman–Crippen MR) is 167 cm³/mol. The Balaban J connectivity index is 1.45. The van der Waals surface area contributed by atoms with Crippen molar-refractivity contribution in [3.05, 3.63) is 98.8 Å². The minimum atomic E-state index is -5.20. The molecule has 2 amide bonds. The number of anilines is 1. The number of alkyl halides is 6. The van der Waals surface area contributed by atoms with E-state index in [9.17, 15) is 51.3 Å². The highest BCUT2D eigenvalue weighted by molar-refractivity contribution is 9.10. The Hall–Kier alpha value is -4.01. The number of carbonyl (C=O) groups is 2. The SMILES string of the molecule is CC1=C([C@H](O)CC/C(=C/c2cc(Br)ccc2O)c2ccccn2)[C@H](CO)[C@@H]2C(=O)N(c3cc(C(F)(F)F)cc(C(F)(F)F)c3)C(=O)[C@@H]2C1. The van der Waals surface area contributed by atoms with Crippen LogP contribution < -0.4 is 4.90 Å². The summed E-state index contributed by atoms with van der Waals surface area (Å²) in [5.41, 5.74) is -1.82.